The van der Waals surface area contributed by atoms with Gasteiger partial charge in [-0.25, -0.2) is 4.98 Å². The van der Waals surface area contributed by atoms with Gasteiger partial charge in [0.15, 0.2) is 0 Å². The lowest BCUT2D eigenvalue weighted by Crippen LogP contribution is -2.39. The molecule has 0 saturated carbocycles. The van der Waals surface area contributed by atoms with Crippen LogP contribution in [0.3, 0.4) is 0 Å². The molecule has 7 nitrogen and oxygen atoms in total. The molecule has 1 fully saturated rings. The van der Waals surface area contributed by atoms with Crippen molar-refractivity contribution >= 4 is 22.6 Å². The van der Waals surface area contributed by atoms with Gasteiger partial charge in [-0.2, -0.15) is 0 Å². The molecule has 0 radical (unpaired) electrons. The third kappa shape index (κ3) is 3.60. The monoisotopic (exact) mass is 392 g/mol. The largest absolute Gasteiger partial charge is 0.339 e. The van der Waals surface area contributed by atoms with Gasteiger partial charge in [-0.1, -0.05) is 18.2 Å². The number of nitro benzene ring substituents is 1. The number of imidazole rings is 1. The number of fused-ring (bicyclic) bond motifs is 1. The van der Waals surface area contributed by atoms with Crippen LogP contribution in [0.5, 0.6) is 0 Å². The molecule has 0 unspecified atom stereocenters. The lowest BCUT2D eigenvalue weighted by molar-refractivity contribution is -0.385. The summed E-state index contributed by atoms with van der Waals surface area (Å²) in [5.41, 5.74) is 3.02. The number of aryl methyl sites for hydroxylation is 1. The van der Waals surface area contributed by atoms with Crippen molar-refractivity contribution in [1.29, 1.82) is 0 Å². The quantitative estimate of drug-likeness (QED) is 0.494. The zero-order chi connectivity index (χ0) is 20.5. The average Bonchev–Trinajstić information content (AvgIpc) is 3.03. The van der Waals surface area contributed by atoms with Crippen LogP contribution in [0.4, 0.5) is 5.69 Å². The molecule has 0 bridgehead atoms. The fourth-order valence-electron chi connectivity index (χ4n) is 4.23. The van der Waals surface area contributed by atoms with Crippen LogP contribution < -0.4 is 0 Å². The fourth-order valence-corrected chi connectivity index (χ4v) is 4.23. The molecular weight excluding hydrogens is 368 g/mol. The minimum Gasteiger partial charge on any atom is -0.339 e. The van der Waals surface area contributed by atoms with E-state index in [0.29, 0.717) is 30.1 Å². The molecule has 150 valence electrons. The number of carbonyl (C=O) groups is 1. The Morgan fingerprint density at radius 2 is 1.86 bits per heavy atom. The number of likely N-dealkylation sites (tertiary alicyclic amines) is 1. The van der Waals surface area contributed by atoms with E-state index in [1.54, 1.807) is 19.1 Å². The molecule has 1 aliphatic heterocycles. The van der Waals surface area contributed by atoms with E-state index in [2.05, 4.69) is 15.6 Å². The second-order valence-corrected chi connectivity index (χ2v) is 7.70. The second-order valence-electron chi connectivity index (χ2n) is 7.70. The first-order valence-corrected chi connectivity index (χ1v) is 9.91. The average molecular weight is 392 g/mol. The fraction of sp³-hybridized carbons (Fsp3) is 0.364. The normalized spacial score (nSPS) is 15.0. The summed E-state index contributed by atoms with van der Waals surface area (Å²) in [5.74, 6) is 1.37. The summed E-state index contributed by atoms with van der Waals surface area (Å²) in [5, 5.41) is 11.2. The molecule has 1 aromatic heterocycles. The Morgan fingerprint density at radius 3 is 2.59 bits per heavy atom. The summed E-state index contributed by atoms with van der Waals surface area (Å²) in [7, 11) is 0. The standard InChI is InChI=1S/C22H24N4O3/c1-15-18(6-5-9-20(15)26(28)29)22(27)24-12-10-17(11-13-24)14-25-16(2)23-19-7-3-4-8-21(19)25/h3-9,17H,10-14H2,1-2H3. The first-order valence-electron chi connectivity index (χ1n) is 9.91. The van der Waals surface area contributed by atoms with Gasteiger partial charge in [0.1, 0.15) is 5.82 Å². The molecule has 0 N–H and O–H groups in total. The summed E-state index contributed by atoms with van der Waals surface area (Å²) in [6.45, 7) is 5.90. The van der Waals surface area contributed by atoms with Crippen molar-refractivity contribution in [3.05, 3.63) is 69.5 Å². The van der Waals surface area contributed by atoms with Gasteiger partial charge in [0.05, 0.1) is 16.0 Å². The third-order valence-corrected chi connectivity index (χ3v) is 5.92. The summed E-state index contributed by atoms with van der Waals surface area (Å²) in [4.78, 5) is 30.1. The van der Waals surface area contributed by atoms with Crippen LogP contribution in [0.1, 0.15) is 34.6 Å². The minimum absolute atomic E-state index is 0.00630. The Bertz CT molecular complexity index is 1080. The molecule has 1 aliphatic rings. The van der Waals surface area contributed by atoms with Crippen LogP contribution in [-0.4, -0.2) is 38.4 Å². The van der Waals surface area contributed by atoms with Gasteiger partial charge in [0.2, 0.25) is 0 Å². The zero-order valence-electron chi connectivity index (χ0n) is 16.7. The number of para-hydroxylation sites is 2. The van der Waals surface area contributed by atoms with E-state index in [1.807, 2.05) is 30.0 Å². The molecule has 0 atom stereocenters. The van der Waals surface area contributed by atoms with Gasteiger partial charge < -0.3 is 9.47 Å². The van der Waals surface area contributed by atoms with Crippen molar-refractivity contribution in [3.8, 4) is 0 Å². The molecule has 1 saturated heterocycles. The minimum atomic E-state index is -0.434. The molecule has 2 heterocycles. The number of aromatic nitrogens is 2. The Hall–Kier alpha value is -3.22. The van der Waals surface area contributed by atoms with Gasteiger partial charge in [-0.05, 0) is 50.8 Å². The van der Waals surface area contributed by atoms with Crippen molar-refractivity contribution in [2.45, 2.75) is 33.2 Å². The molecule has 1 amide bonds. The van der Waals surface area contributed by atoms with Crippen molar-refractivity contribution in [1.82, 2.24) is 14.5 Å². The van der Waals surface area contributed by atoms with Crippen molar-refractivity contribution in [3.63, 3.8) is 0 Å². The Balaban J connectivity index is 1.44. The van der Waals surface area contributed by atoms with E-state index in [0.717, 1.165) is 36.2 Å². The van der Waals surface area contributed by atoms with E-state index in [1.165, 1.54) is 6.07 Å². The van der Waals surface area contributed by atoms with Crippen LogP contribution >= 0.6 is 0 Å². The number of nitro groups is 1. The van der Waals surface area contributed by atoms with E-state index >= 15 is 0 Å². The lowest BCUT2D eigenvalue weighted by Gasteiger charge is -2.32. The number of hydrogen-bond donors (Lipinski definition) is 0. The molecule has 3 aromatic rings. The predicted octanol–water partition coefficient (Wildman–Crippen LogP) is 4.11. The summed E-state index contributed by atoms with van der Waals surface area (Å²) in [6, 6.07) is 12.9. The van der Waals surface area contributed by atoms with Gasteiger partial charge in [-0.3, -0.25) is 14.9 Å². The zero-order valence-corrected chi connectivity index (χ0v) is 16.7. The van der Waals surface area contributed by atoms with E-state index in [-0.39, 0.29) is 11.6 Å². The number of amides is 1. The molecule has 0 aliphatic carbocycles. The van der Waals surface area contributed by atoms with Crippen molar-refractivity contribution < 1.29 is 9.72 Å². The van der Waals surface area contributed by atoms with Gasteiger partial charge >= 0.3 is 0 Å². The van der Waals surface area contributed by atoms with E-state index < -0.39 is 4.92 Å². The Kier molecular flexibility index (Phi) is 5.05. The number of hydrogen-bond acceptors (Lipinski definition) is 4. The second kappa shape index (κ2) is 7.66. The molecule has 2 aromatic carbocycles. The summed E-state index contributed by atoms with van der Waals surface area (Å²) >= 11 is 0. The summed E-state index contributed by atoms with van der Waals surface area (Å²) in [6.07, 6.45) is 1.82. The highest BCUT2D eigenvalue weighted by molar-refractivity contribution is 5.96. The maximum atomic E-state index is 12.9. The Morgan fingerprint density at radius 1 is 1.14 bits per heavy atom. The lowest BCUT2D eigenvalue weighted by atomic mass is 9.95. The number of rotatable bonds is 4. The highest BCUT2D eigenvalue weighted by Gasteiger charge is 2.27. The van der Waals surface area contributed by atoms with Gasteiger partial charge in [-0.15, -0.1) is 0 Å². The SMILES string of the molecule is Cc1c(C(=O)N2CCC(Cn3c(C)nc4ccccc43)CC2)cccc1[N+](=O)[O-]. The molecular formula is C22H24N4O3. The van der Waals surface area contributed by atoms with Crippen LogP contribution in [-0.2, 0) is 6.54 Å². The number of carbonyl (C=O) groups excluding carboxylic acids is 1. The van der Waals surface area contributed by atoms with E-state index in [4.69, 9.17) is 0 Å². The number of piperidine rings is 1. The van der Waals surface area contributed by atoms with Crippen molar-refractivity contribution in [2.24, 2.45) is 5.92 Å². The topological polar surface area (TPSA) is 81.3 Å². The molecule has 7 heteroatoms. The molecule has 0 spiro atoms. The smallest absolute Gasteiger partial charge is 0.273 e. The number of nitrogens with zero attached hydrogens (tertiary/aromatic N) is 4. The van der Waals surface area contributed by atoms with Crippen LogP contribution in [0.25, 0.3) is 11.0 Å². The molecule has 29 heavy (non-hydrogen) atoms. The van der Waals surface area contributed by atoms with Crippen LogP contribution in [0.2, 0.25) is 0 Å². The van der Waals surface area contributed by atoms with E-state index in [9.17, 15) is 14.9 Å². The van der Waals surface area contributed by atoms with Gasteiger partial charge in [0.25, 0.3) is 11.6 Å². The first kappa shape index (κ1) is 19.1. The first-order chi connectivity index (χ1) is 14.0. The Labute approximate surface area is 169 Å². The highest BCUT2D eigenvalue weighted by Crippen LogP contribution is 2.26. The maximum Gasteiger partial charge on any atom is 0.273 e. The third-order valence-electron chi connectivity index (χ3n) is 5.92. The van der Waals surface area contributed by atoms with Crippen LogP contribution in [0, 0.1) is 29.9 Å². The van der Waals surface area contributed by atoms with Gasteiger partial charge in [0, 0.05) is 36.8 Å². The van der Waals surface area contributed by atoms with Crippen LogP contribution in [0.15, 0.2) is 42.5 Å². The number of benzene rings is 2. The molecule has 4 rings (SSSR count). The summed E-state index contributed by atoms with van der Waals surface area (Å²) < 4.78 is 2.27. The maximum absolute atomic E-state index is 12.9. The van der Waals surface area contributed by atoms with Crippen molar-refractivity contribution in [2.75, 3.05) is 13.1 Å². The predicted molar refractivity (Wildman–Crippen MR) is 111 cm³/mol. The highest BCUT2D eigenvalue weighted by atomic mass is 16.6.